The van der Waals surface area contributed by atoms with Gasteiger partial charge in [-0.3, -0.25) is 0 Å². The molecule has 1 aliphatic carbocycles. The number of hydrogen-bond acceptors (Lipinski definition) is 2. The Morgan fingerprint density at radius 2 is 2.16 bits per heavy atom. The van der Waals surface area contributed by atoms with Crippen molar-refractivity contribution < 1.29 is 0 Å². The lowest BCUT2D eigenvalue weighted by Crippen LogP contribution is -2.32. The van der Waals surface area contributed by atoms with Crippen LogP contribution < -0.4 is 5.32 Å². The van der Waals surface area contributed by atoms with Crippen LogP contribution in [0, 0.1) is 18.8 Å². The second-order valence-corrected chi connectivity index (χ2v) is 7.06. The molecule has 1 N–H and O–H groups in total. The van der Waals surface area contributed by atoms with Crippen LogP contribution >= 0.6 is 11.3 Å². The minimum Gasteiger partial charge on any atom is -0.317 e. The van der Waals surface area contributed by atoms with Crippen LogP contribution in [0.25, 0.3) is 0 Å². The first-order valence-electron chi connectivity index (χ1n) is 8.00. The van der Waals surface area contributed by atoms with E-state index >= 15 is 0 Å². The average molecular weight is 279 g/mol. The Hall–Kier alpha value is -0.340. The average Bonchev–Trinajstić information content (AvgIpc) is 2.83. The molecule has 1 nitrogen and oxygen atoms in total. The lowest BCUT2D eigenvalue weighted by molar-refractivity contribution is 0.223. The van der Waals surface area contributed by atoms with Gasteiger partial charge in [-0.05, 0) is 67.6 Å². The molecule has 0 saturated heterocycles. The van der Waals surface area contributed by atoms with Crippen molar-refractivity contribution in [1.29, 1.82) is 0 Å². The van der Waals surface area contributed by atoms with Crippen molar-refractivity contribution in [3.05, 3.63) is 21.9 Å². The summed E-state index contributed by atoms with van der Waals surface area (Å²) in [5, 5.41) is 5.86. The van der Waals surface area contributed by atoms with E-state index in [-0.39, 0.29) is 0 Å². The molecule has 1 aliphatic rings. The molecular formula is C17H29NS. The van der Waals surface area contributed by atoms with Gasteiger partial charge in [-0.2, -0.15) is 0 Å². The summed E-state index contributed by atoms with van der Waals surface area (Å²) in [6, 6.07) is 2.30. The molecule has 0 bridgehead atoms. The van der Waals surface area contributed by atoms with Crippen LogP contribution in [0.4, 0.5) is 0 Å². The van der Waals surface area contributed by atoms with E-state index < -0.39 is 0 Å². The molecule has 0 aliphatic heterocycles. The van der Waals surface area contributed by atoms with Crippen LogP contribution in [0.3, 0.4) is 0 Å². The fourth-order valence-corrected chi connectivity index (χ4v) is 4.79. The van der Waals surface area contributed by atoms with E-state index in [2.05, 4.69) is 37.5 Å². The van der Waals surface area contributed by atoms with Gasteiger partial charge in [0.05, 0.1) is 0 Å². The van der Waals surface area contributed by atoms with Crippen LogP contribution in [0.1, 0.15) is 62.3 Å². The summed E-state index contributed by atoms with van der Waals surface area (Å²) in [4.78, 5) is 1.67. The Morgan fingerprint density at radius 1 is 1.32 bits per heavy atom. The molecule has 1 aromatic rings. The highest BCUT2D eigenvalue weighted by atomic mass is 32.1. The van der Waals surface area contributed by atoms with Gasteiger partial charge in [-0.15, -0.1) is 11.3 Å². The highest BCUT2D eigenvalue weighted by molar-refractivity contribution is 7.10. The maximum absolute atomic E-state index is 3.58. The fourth-order valence-electron chi connectivity index (χ4n) is 3.65. The van der Waals surface area contributed by atoms with Gasteiger partial charge in [0.1, 0.15) is 0 Å². The van der Waals surface area contributed by atoms with Gasteiger partial charge >= 0.3 is 0 Å². The molecule has 2 heteroatoms. The van der Waals surface area contributed by atoms with Gasteiger partial charge in [0.25, 0.3) is 0 Å². The number of nitrogens with one attached hydrogen (secondary N) is 1. The molecule has 1 heterocycles. The first-order valence-corrected chi connectivity index (χ1v) is 8.88. The van der Waals surface area contributed by atoms with Crippen LogP contribution in [0.2, 0.25) is 0 Å². The number of aryl methyl sites for hydroxylation is 1. The molecule has 1 fully saturated rings. The zero-order chi connectivity index (χ0) is 13.7. The van der Waals surface area contributed by atoms with Crippen molar-refractivity contribution in [2.75, 3.05) is 13.1 Å². The Kier molecular flexibility index (Phi) is 5.90. The molecule has 108 valence electrons. The molecule has 0 aromatic carbocycles. The summed E-state index contributed by atoms with van der Waals surface area (Å²) in [6.45, 7) is 9.15. The Bertz CT molecular complexity index is 371. The summed E-state index contributed by atoms with van der Waals surface area (Å²) in [6.07, 6.45) is 7.06. The fraction of sp³-hybridized carbons (Fsp3) is 0.765. The van der Waals surface area contributed by atoms with Crippen LogP contribution in [-0.4, -0.2) is 13.1 Å². The predicted octanol–water partition coefficient (Wildman–Crippen LogP) is 4.97. The van der Waals surface area contributed by atoms with Gasteiger partial charge in [-0.25, -0.2) is 0 Å². The predicted molar refractivity (Wildman–Crippen MR) is 86.1 cm³/mol. The smallest absolute Gasteiger partial charge is 0.0109 e. The molecule has 3 unspecified atom stereocenters. The van der Waals surface area contributed by atoms with E-state index in [0.717, 1.165) is 24.3 Å². The maximum atomic E-state index is 3.58. The number of rotatable bonds is 6. The first-order chi connectivity index (χ1) is 9.26. The van der Waals surface area contributed by atoms with E-state index in [1.807, 2.05) is 11.3 Å². The van der Waals surface area contributed by atoms with Crippen molar-refractivity contribution in [1.82, 2.24) is 5.32 Å². The van der Waals surface area contributed by atoms with Crippen molar-refractivity contribution in [3.8, 4) is 0 Å². The Morgan fingerprint density at radius 3 is 2.79 bits per heavy atom. The third-order valence-electron chi connectivity index (χ3n) is 4.69. The van der Waals surface area contributed by atoms with Crippen LogP contribution in [0.5, 0.6) is 0 Å². The molecule has 3 atom stereocenters. The topological polar surface area (TPSA) is 12.0 Å². The lowest BCUT2D eigenvalue weighted by atomic mass is 9.71. The van der Waals surface area contributed by atoms with Crippen molar-refractivity contribution in [2.45, 2.75) is 58.8 Å². The zero-order valence-corrected chi connectivity index (χ0v) is 13.6. The summed E-state index contributed by atoms with van der Waals surface area (Å²) in [5.41, 5.74) is 1.52. The second kappa shape index (κ2) is 7.44. The standard InChI is InChI=1S/C17H29NS/c1-4-6-14-7-8-15(12-18-5-2)16(11-14)17-13(3)9-10-19-17/h9-10,14-16,18H,4-8,11-12H2,1-3H3. The van der Waals surface area contributed by atoms with Gasteiger partial charge < -0.3 is 5.32 Å². The molecule has 0 spiro atoms. The molecular weight excluding hydrogens is 250 g/mol. The summed E-state index contributed by atoms with van der Waals surface area (Å²) >= 11 is 1.99. The third kappa shape index (κ3) is 3.82. The summed E-state index contributed by atoms with van der Waals surface area (Å²) < 4.78 is 0. The van der Waals surface area contributed by atoms with E-state index in [0.29, 0.717) is 0 Å². The van der Waals surface area contributed by atoms with Crippen molar-refractivity contribution >= 4 is 11.3 Å². The van der Waals surface area contributed by atoms with Crippen molar-refractivity contribution in [3.63, 3.8) is 0 Å². The monoisotopic (exact) mass is 279 g/mol. The SMILES string of the molecule is CCCC1CCC(CNCC)C(c2sccc2C)C1. The molecule has 2 rings (SSSR count). The Balaban J connectivity index is 2.09. The summed E-state index contributed by atoms with van der Waals surface area (Å²) in [7, 11) is 0. The van der Waals surface area contributed by atoms with Gasteiger partial charge in [0.15, 0.2) is 0 Å². The minimum atomic E-state index is 0.810. The summed E-state index contributed by atoms with van der Waals surface area (Å²) in [5.74, 6) is 2.63. The van der Waals surface area contributed by atoms with E-state index in [1.54, 1.807) is 4.88 Å². The van der Waals surface area contributed by atoms with E-state index in [1.165, 1.54) is 44.2 Å². The molecule has 1 saturated carbocycles. The Labute approximate surface area is 122 Å². The number of hydrogen-bond donors (Lipinski definition) is 1. The molecule has 19 heavy (non-hydrogen) atoms. The van der Waals surface area contributed by atoms with Crippen LogP contribution in [0.15, 0.2) is 11.4 Å². The normalized spacial score (nSPS) is 27.6. The third-order valence-corrected chi connectivity index (χ3v) is 5.84. The molecule has 1 aromatic heterocycles. The first kappa shape index (κ1) is 15.1. The molecule has 0 radical (unpaired) electrons. The minimum absolute atomic E-state index is 0.810. The zero-order valence-electron chi connectivity index (χ0n) is 12.7. The largest absolute Gasteiger partial charge is 0.317 e. The quantitative estimate of drug-likeness (QED) is 0.775. The van der Waals surface area contributed by atoms with E-state index in [9.17, 15) is 0 Å². The van der Waals surface area contributed by atoms with Crippen LogP contribution in [-0.2, 0) is 0 Å². The lowest BCUT2D eigenvalue weighted by Gasteiger charge is -2.36. The van der Waals surface area contributed by atoms with Gasteiger partial charge in [0.2, 0.25) is 0 Å². The molecule has 0 amide bonds. The van der Waals surface area contributed by atoms with Crippen molar-refractivity contribution in [2.24, 2.45) is 11.8 Å². The second-order valence-electron chi connectivity index (χ2n) is 6.11. The van der Waals surface area contributed by atoms with E-state index in [4.69, 9.17) is 0 Å². The number of thiophene rings is 1. The highest BCUT2D eigenvalue weighted by Gasteiger charge is 2.32. The highest BCUT2D eigenvalue weighted by Crippen LogP contribution is 2.44. The van der Waals surface area contributed by atoms with Gasteiger partial charge in [-0.1, -0.05) is 33.1 Å². The van der Waals surface area contributed by atoms with Gasteiger partial charge in [0, 0.05) is 4.88 Å². The maximum Gasteiger partial charge on any atom is 0.0109 e.